The molecule has 1 unspecified atom stereocenters. The van der Waals surface area contributed by atoms with Gasteiger partial charge >= 0.3 is 0 Å². The van der Waals surface area contributed by atoms with Crippen LogP contribution in [0.25, 0.3) is 0 Å². The van der Waals surface area contributed by atoms with Crippen LogP contribution in [0.5, 0.6) is 0 Å². The highest BCUT2D eigenvalue weighted by molar-refractivity contribution is 7.68. The average molecular weight is 136 g/mol. The van der Waals surface area contributed by atoms with Gasteiger partial charge < -0.3 is 13.2 Å². The van der Waals surface area contributed by atoms with E-state index in [1.807, 2.05) is 6.92 Å². The van der Waals surface area contributed by atoms with Crippen molar-refractivity contribution in [2.45, 2.75) is 26.4 Å². The first-order chi connectivity index (χ1) is 3.66. The van der Waals surface area contributed by atoms with Crippen LogP contribution in [0.4, 0.5) is 0 Å². The van der Waals surface area contributed by atoms with E-state index in [9.17, 15) is 4.21 Å². The molecular weight excluding hydrogens is 126 g/mol. The summed E-state index contributed by atoms with van der Waals surface area (Å²) in [4.78, 5) is 0. The van der Waals surface area contributed by atoms with Gasteiger partial charge in [-0.25, -0.2) is 0 Å². The van der Waals surface area contributed by atoms with E-state index in [0.717, 1.165) is 6.42 Å². The second-order valence-electron chi connectivity index (χ2n) is 1.55. The fraction of sp³-hybridized carbons (Fsp3) is 1.00. The molecule has 0 spiro atoms. The molecule has 1 atom stereocenters. The van der Waals surface area contributed by atoms with Crippen LogP contribution >= 0.6 is 0 Å². The Morgan fingerprint density at radius 1 is 1.88 bits per heavy atom. The summed E-state index contributed by atoms with van der Waals surface area (Å²) in [6.07, 6.45) is 0.735. The maximum atomic E-state index is 9.97. The maximum Gasteiger partial charge on any atom is 0.0346 e. The minimum Gasteiger partial charge on any atom is -0.436 e. The van der Waals surface area contributed by atoms with Crippen molar-refractivity contribution in [3.63, 3.8) is 0 Å². The van der Waals surface area contributed by atoms with Crippen molar-refractivity contribution in [1.82, 2.24) is 0 Å². The van der Waals surface area contributed by atoms with Gasteiger partial charge in [0.25, 0.3) is 0 Å². The molecule has 0 aliphatic heterocycles. The Morgan fingerprint density at radius 3 is 2.50 bits per heavy atom. The third-order valence-electron chi connectivity index (χ3n) is 0.827. The number of hydrogen-bond acceptors (Lipinski definition) is 4. The number of rotatable bonds is 3. The fourth-order valence-electron chi connectivity index (χ4n) is 0.217. The SMILES string of the molecule is CCC(C)O[S-](=N)=O. The van der Waals surface area contributed by atoms with Gasteiger partial charge in [-0.05, 0) is 13.3 Å². The summed E-state index contributed by atoms with van der Waals surface area (Å²) >= 11 is 0. The van der Waals surface area contributed by atoms with Crippen LogP contribution in [0.1, 0.15) is 20.3 Å². The van der Waals surface area contributed by atoms with E-state index in [-0.39, 0.29) is 6.10 Å². The van der Waals surface area contributed by atoms with E-state index < -0.39 is 10.9 Å². The topological polar surface area (TPSA) is 50.1 Å². The van der Waals surface area contributed by atoms with E-state index in [4.69, 9.17) is 4.78 Å². The van der Waals surface area contributed by atoms with Gasteiger partial charge in [-0.3, -0.25) is 0 Å². The molecule has 0 radical (unpaired) electrons. The summed E-state index contributed by atoms with van der Waals surface area (Å²) in [6, 6.07) is 0. The summed E-state index contributed by atoms with van der Waals surface area (Å²) in [6.45, 7) is 3.70. The maximum absolute atomic E-state index is 9.97. The zero-order valence-electron chi connectivity index (χ0n) is 5.01. The summed E-state index contributed by atoms with van der Waals surface area (Å²) in [7, 11) is -1.85. The van der Waals surface area contributed by atoms with Gasteiger partial charge in [0.2, 0.25) is 0 Å². The molecule has 8 heavy (non-hydrogen) atoms. The first-order valence-electron chi connectivity index (χ1n) is 2.47. The molecule has 0 aromatic heterocycles. The predicted molar refractivity (Wildman–Crippen MR) is 31.6 cm³/mol. The third-order valence-corrected chi connectivity index (χ3v) is 1.33. The lowest BCUT2D eigenvalue weighted by Crippen LogP contribution is -2.02. The van der Waals surface area contributed by atoms with Crippen LogP contribution in [0.15, 0.2) is 0 Å². The van der Waals surface area contributed by atoms with Gasteiger partial charge in [-0.1, -0.05) is 17.8 Å². The normalized spacial score (nSPS) is 14.4. The Bertz CT molecular complexity index is 113. The van der Waals surface area contributed by atoms with Crippen molar-refractivity contribution < 1.29 is 8.39 Å². The van der Waals surface area contributed by atoms with Crippen molar-refractivity contribution in [3.8, 4) is 0 Å². The molecule has 0 heterocycles. The van der Waals surface area contributed by atoms with E-state index in [1.165, 1.54) is 0 Å². The van der Waals surface area contributed by atoms with Crippen molar-refractivity contribution in [3.05, 3.63) is 0 Å². The zero-order chi connectivity index (χ0) is 6.57. The van der Waals surface area contributed by atoms with Gasteiger partial charge in [0, 0.05) is 6.10 Å². The van der Waals surface area contributed by atoms with Crippen LogP contribution in [0.3, 0.4) is 0 Å². The van der Waals surface area contributed by atoms with Crippen LogP contribution in [0.2, 0.25) is 0 Å². The van der Waals surface area contributed by atoms with E-state index >= 15 is 0 Å². The lowest BCUT2D eigenvalue weighted by Gasteiger charge is -2.10. The number of nitrogens with one attached hydrogen (secondary N) is 1. The smallest absolute Gasteiger partial charge is 0.0346 e. The molecule has 4 heteroatoms. The second kappa shape index (κ2) is 3.86. The Labute approximate surface area is 51.3 Å². The molecule has 0 aliphatic carbocycles. The molecular formula is C4H10NO2S-. The Balaban J connectivity index is 3.39. The van der Waals surface area contributed by atoms with Crippen molar-refractivity contribution in [1.29, 1.82) is 4.78 Å². The predicted octanol–water partition coefficient (Wildman–Crippen LogP) is 1.44. The highest BCUT2D eigenvalue weighted by Crippen LogP contribution is 1.94. The standard InChI is InChI=1S/C4H10NO2S/c1-3-4(2)7-8(5)6/h4-5H,3H2,1-2H3/q-1. The molecule has 0 aliphatic rings. The Morgan fingerprint density at radius 2 is 2.38 bits per heavy atom. The van der Waals surface area contributed by atoms with Crippen molar-refractivity contribution in [2.75, 3.05) is 0 Å². The highest BCUT2D eigenvalue weighted by Gasteiger charge is 1.88. The summed E-state index contributed by atoms with van der Waals surface area (Å²) in [5.41, 5.74) is 0. The summed E-state index contributed by atoms with van der Waals surface area (Å²) in [5, 5.41) is 0. The zero-order valence-corrected chi connectivity index (χ0v) is 5.83. The van der Waals surface area contributed by atoms with E-state index in [1.54, 1.807) is 6.92 Å². The van der Waals surface area contributed by atoms with Crippen LogP contribution in [-0.2, 0) is 19.3 Å². The second-order valence-corrected chi connectivity index (χ2v) is 2.21. The van der Waals surface area contributed by atoms with Gasteiger partial charge in [-0.15, -0.1) is 0 Å². The molecule has 0 fully saturated rings. The van der Waals surface area contributed by atoms with Crippen LogP contribution in [0, 0.1) is 4.78 Å². The van der Waals surface area contributed by atoms with Crippen molar-refractivity contribution >= 4 is 10.9 Å². The molecule has 0 aromatic carbocycles. The third kappa shape index (κ3) is 4.08. The minimum absolute atomic E-state index is 0.0617. The van der Waals surface area contributed by atoms with Crippen LogP contribution in [-0.4, -0.2) is 6.10 Å². The molecule has 0 saturated heterocycles. The van der Waals surface area contributed by atoms with Crippen molar-refractivity contribution in [2.24, 2.45) is 0 Å². The lowest BCUT2D eigenvalue weighted by molar-refractivity contribution is 0.242. The monoisotopic (exact) mass is 136 g/mol. The largest absolute Gasteiger partial charge is 0.436 e. The first-order valence-corrected chi connectivity index (χ1v) is 3.54. The lowest BCUT2D eigenvalue weighted by atomic mass is 10.3. The summed E-state index contributed by atoms with van der Waals surface area (Å²) < 4.78 is 21.0. The molecule has 0 rings (SSSR count). The fourth-order valence-corrected chi connectivity index (χ4v) is 0.652. The molecule has 0 saturated carbocycles. The average Bonchev–Trinajstić information content (AvgIpc) is 1.65. The van der Waals surface area contributed by atoms with E-state index in [0.29, 0.717) is 0 Å². The molecule has 3 nitrogen and oxygen atoms in total. The first kappa shape index (κ1) is 7.91. The minimum atomic E-state index is -1.85. The Hall–Kier alpha value is -0.0900. The quantitative estimate of drug-likeness (QED) is 0.597. The number of hydrogen-bond donors (Lipinski definition) is 1. The molecule has 0 aromatic rings. The van der Waals surface area contributed by atoms with Gasteiger partial charge in [0.05, 0.1) is 0 Å². The highest BCUT2D eigenvalue weighted by atomic mass is 32.2. The van der Waals surface area contributed by atoms with Crippen LogP contribution < -0.4 is 0 Å². The molecule has 50 valence electrons. The molecule has 0 bridgehead atoms. The molecule has 1 N–H and O–H groups in total. The van der Waals surface area contributed by atoms with E-state index in [2.05, 4.69) is 4.18 Å². The Kier molecular flexibility index (Phi) is 3.81. The summed E-state index contributed by atoms with van der Waals surface area (Å²) in [5.74, 6) is 0. The van der Waals surface area contributed by atoms with Gasteiger partial charge in [0.15, 0.2) is 0 Å². The molecule has 0 amide bonds. The van der Waals surface area contributed by atoms with Gasteiger partial charge in [0.1, 0.15) is 0 Å². The van der Waals surface area contributed by atoms with Gasteiger partial charge in [-0.2, -0.15) is 0 Å².